The monoisotopic (exact) mass is 234 g/mol. The predicted octanol–water partition coefficient (Wildman–Crippen LogP) is 2.76. The Labute approximate surface area is 105 Å². The van der Waals surface area contributed by atoms with E-state index >= 15 is 0 Å². The predicted molar refractivity (Wildman–Crippen MR) is 70.0 cm³/mol. The van der Waals surface area contributed by atoms with Gasteiger partial charge in [-0.25, -0.2) is 0 Å². The first kappa shape index (κ1) is 11.5. The summed E-state index contributed by atoms with van der Waals surface area (Å²) in [5, 5.41) is 20.8. The molecule has 0 heterocycles. The van der Waals surface area contributed by atoms with Crippen molar-refractivity contribution in [3.8, 4) is 12.1 Å². The van der Waals surface area contributed by atoms with E-state index in [0.717, 1.165) is 0 Å². The molecule has 2 rings (SSSR count). The highest BCUT2D eigenvalue weighted by molar-refractivity contribution is 5.76. The number of hydrogen-bond donors (Lipinski definition) is 2. The fourth-order valence-electron chi connectivity index (χ4n) is 1.58. The van der Waals surface area contributed by atoms with Gasteiger partial charge in [0.25, 0.3) is 0 Å². The van der Waals surface area contributed by atoms with Crippen LogP contribution in [0, 0.1) is 22.7 Å². The summed E-state index contributed by atoms with van der Waals surface area (Å²) in [4.78, 5) is 0. The smallest absolute Gasteiger partial charge is 0.101 e. The molecule has 0 spiro atoms. The Morgan fingerprint density at radius 3 is 2.39 bits per heavy atom. The van der Waals surface area contributed by atoms with Crippen LogP contribution in [0.2, 0.25) is 0 Å². The standard InChI is InChI=1S/C14H10N4/c15-8-10-5-6-14(12(17)7-10)18-13-4-2-1-3-11(13)9-16/h1-7,18H,17H2. The molecule has 0 saturated heterocycles. The van der Waals surface area contributed by atoms with Gasteiger partial charge in [0.1, 0.15) is 6.07 Å². The zero-order chi connectivity index (χ0) is 13.0. The Bertz CT molecular complexity index is 662. The summed E-state index contributed by atoms with van der Waals surface area (Å²) < 4.78 is 0. The van der Waals surface area contributed by atoms with Crippen LogP contribution in [0.3, 0.4) is 0 Å². The first-order chi connectivity index (χ1) is 8.74. The molecule has 0 saturated carbocycles. The van der Waals surface area contributed by atoms with E-state index in [4.69, 9.17) is 16.3 Å². The van der Waals surface area contributed by atoms with Crippen LogP contribution in [0.1, 0.15) is 11.1 Å². The van der Waals surface area contributed by atoms with Crippen LogP contribution in [0.4, 0.5) is 17.1 Å². The zero-order valence-electron chi connectivity index (χ0n) is 9.51. The van der Waals surface area contributed by atoms with Gasteiger partial charge >= 0.3 is 0 Å². The summed E-state index contributed by atoms with van der Waals surface area (Å²) in [6.07, 6.45) is 0. The lowest BCUT2D eigenvalue weighted by Gasteiger charge is -2.10. The Hall–Kier alpha value is -2.98. The van der Waals surface area contributed by atoms with Crippen LogP contribution in [-0.4, -0.2) is 0 Å². The second-order valence-corrected chi connectivity index (χ2v) is 3.70. The Balaban J connectivity index is 2.36. The van der Waals surface area contributed by atoms with Gasteiger partial charge in [-0.2, -0.15) is 10.5 Å². The minimum atomic E-state index is 0.474. The average molecular weight is 234 g/mol. The van der Waals surface area contributed by atoms with Gasteiger partial charge in [0, 0.05) is 0 Å². The van der Waals surface area contributed by atoms with E-state index in [-0.39, 0.29) is 0 Å². The normalized spacial score (nSPS) is 9.22. The lowest BCUT2D eigenvalue weighted by Crippen LogP contribution is -1.98. The first-order valence-electron chi connectivity index (χ1n) is 5.30. The van der Waals surface area contributed by atoms with Gasteiger partial charge in [-0.1, -0.05) is 12.1 Å². The number of rotatable bonds is 2. The van der Waals surface area contributed by atoms with Crippen molar-refractivity contribution in [2.75, 3.05) is 11.1 Å². The van der Waals surface area contributed by atoms with E-state index in [9.17, 15) is 0 Å². The number of para-hydroxylation sites is 1. The Morgan fingerprint density at radius 1 is 0.944 bits per heavy atom. The van der Waals surface area contributed by atoms with E-state index < -0.39 is 0 Å². The van der Waals surface area contributed by atoms with Gasteiger partial charge in [0.05, 0.1) is 34.3 Å². The summed E-state index contributed by atoms with van der Waals surface area (Å²) in [6, 6.07) is 16.3. The van der Waals surface area contributed by atoms with Crippen molar-refractivity contribution in [1.29, 1.82) is 10.5 Å². The van der Waals surface area contributed by atoms with Crippen molar-refractivity contribution in [2.24, 2.45) is 0 Å². The number of nitrogens with two attached hydrogens (primary N) is 1. The number of benzene rings is 2. The molecule has 0 aliphatic carbocycles. The fraction of sp³-hybridized carbons (Fsp3) is 0. The van der Waals surface area contributed by atoms with Gasteiger partial charge in [-0.15, -0.1) is 0 Å². The number of nitrogens with zero attached hydrogens (tertiary/aromatic N) is 2. The van der Waals surface area contributed by atoms with E-state index in [1.807, 2.05) is 12.1 Å². The van der Waals surface area contributed by atoms with Gasteiger partial charge in [-0.3, -0.25) is 0 Å². The molecule has 2 aromatic rings. The second-order valence-electron chi connectivity index (χ2n) is 3.70. The third kappa shape index (κ3) is 2.23. The number of nitriles is 2. The lowest BCUT2D eigenvalue weighted by atomic mass is 10.1. The molecule has 86 valence electrons. The molecule has 0 fully saturated rings. The number of nitrogens with one attached hydrogen (secondary N) is 1. The molecule has 2 aromatic carbocycles. The van der Waals surface area contributed by atoms with E-state index in [1.165, 1.54) is 0 Å². The molecule has 0 aliphatic heterocycles. The minimum Gasteiger partial charge on any atom is -0.397 e. The highest BCUT2D eigenvalue weighted by atomic mass is 14.9. The SMILES string of the molecule is N#Cc1ccc(Nc2ccccc2C#N)c(N)c1. The third-order valence-electron chi connectivity index (χ3n) is 2.50. The maximum Gasteiger partial charge on any atom is 0.101 e. The first-order valence-corrected chi connectivity index (χ1v) is 5.30. The second kappa shape index (κ2) is 4.90. The van der Waals surface area contributed by atoms with Crippen molar-refractivity contribution < 1.29 is 0 Å². The number of nitrogen functional groups attached to an aromatic ring is 1. The summed E-state index contributed by atoms with van der Waals surface area (Å²) >= 11 is 0. The summed E-state index contributed by atoms with van der Waals surface area (Å²) in [6.45, 7) is 0. The molecule has 18 heavy (non-hydrogen) atoms. The van der Waals surface area contributed by atoms with Crippen molar-refractivity contribution in [1.82, 2.24) is 0 Å². The summed E-state index contributed by atoms with van der Waals surface area (Å²) in [7, 11) is 0. The molecule has 0 unspecified atom stereocenters. The molecule has 0 aliphatic rings. The maximum absolute atomic E-state index is 8.98. The molecule has 4 heteroatoms. The van der Waals surface area contributed by atoms with Crippen molar-refractivity contribution >= 4 is 17.1 Å². The quantitative estimate of drug-likeness (QED) is 0.782. The highest BCUT2D eigenvalue weighted by Gasteiger charge is 2.04. The van der Waals surface area contributed by atoms with E-state index in [1.54, 1.807) is 36.4 Å². The van der Waals surface area contributed by atoms with E-state index in [0.29, 0.717) is 28.2 Å². The van der Waals surface area contributed by atoms with Crippen molar-refractivity contribution in [3.63, 3.8) is 0 Å². The molecule has 0 bridgehead atoms. The van der Waals surface area contributed by atoms with Crippen LogP contribution in [0.25, 0.3) is 0 Å². The van der Waals surface area contributed by atoms with Gasteiger partial charge < -0.3 is 11.1 Å². The number of anilines is 3. The van der Waals surface area contributed by atoms with Crippen LogP contribution in [0.15, 0.2) is 42.5 Å². The molecular formula is C14H10N4. The molecule has 0 radical (unpaired) electrons. The topological polar surface area (TPSA) is 85.6 Å². The molecule has 0 atom stereocenters. The highest BCUT2D eigenvalue weighted by Crippen LogP contribution is 2.25. The Kier molecular flexibility index (Phi) is 3.13. The fourth-order valence-corrected chi connectivity index (χ4v) is 1.58. The minimum absolute atomic E-state index is 0.474. The maximum atomic E-state index is 8.98. The van der Waals surface area contributed by atoms with Crippen LogP contribution in [0.5, 0.6) is 0 Å². The molecule has 0 amide bonds. The zero-order valence-corrected chi connectivity index (χ0v) is 9.51. The van der Waals surface area contributed by atoms with Crippen molar-refractivity contribution in [3.05, 3.63) is 53.6 Å². The lowest BCUT2D eigenvalue weighted by molar-refractivity contribution is 1.45. The van der Waals surface area contributed by atoms with Gasteiger partial charge in [-0.05, 0) is 30.3 Å². The average Bonchev–Trinajstić information content (AvgIpc) is 2.41. The molecule has 4 nitrogen and oxygen atoms in total. The largest absolute Gasteiger partial charge is 0.397 e. The van der Waals surface area contributed by atoms with Crippen LogP contribution >= 0.6 is 0 Å². The molecule has 0 aromatic heterocycles. The third-order valence-corrected chi connectivity index (χ3v) is 2.50. The molecular weight excluding hydrogens is 224 g/mol. The van der Waals surface area contributed by atoms with Crippen LogP contribution in [-0.2, 0) is 0 Å². The summed E-state index contributed by atoms with van der Waals surface area (Å²) in [5.41, 5.74) is 8.73. The van der Waals surface area contributed by atoms with Gasteiger partial charge in [0.2, 0.25) is 0 Å². The number of hydrogen-bond acceptors (Lipinski definition) is 4. The van der Waals surface area contributed by atoms with Crippen LogP contribution < -0.4 is 11.1 Å². The summed E-state index contributed by atoms with van der Waals surface area (Å²) in [5.74, 6) is 0. The molecule has 3 N–H and O–H groups in total. The van der Waals surface area contributed by atoms with E-state index in [2.05, 4.69) is 11.4 Å². The Morgan fingerprint density at radius 2 is 1.72 bits per heavy atom. The van der Waals surface area contributed by atoms with Gasteiger partial charge in [0.15, 0.2) is 0 Å². The van der Waals surface area contributed by atoms with Crippen molar-refractivity contribution in [2.45, 2.75) is 0 Å².